The van der Waals surface area contributed by atoms with Gasteiger partial charge in [-0.25, -0.2) is 9.50 Å². The number of hydrogen-bond acceptors (Lipinski definition) is 4. The molecule has 1 aliphatic rings. The Morgan fingerprint density at radius 3 is 2.88 bits per heavy atom. The maximum Gasteiger partial charge on any atom is 0.406 e. The SMILES string of the molecule is CCN(CC(F)(F)F)C(=O)C1CCCN(c2nccn3nc(C)cc23)C1. The van der Waals surface area contributed by atoms with Crippen molar-refractivity contribution in [3.63, 3.8) is 0 Å². The molecule has 0 radical (unpaired) electrons. The van der Waals surface area contributed by atoms with Crippen LogP contribution in [0.4, 0.5) is 19.0 Å². The zero-order valence-electron chi connectivity index (χ0n) is 14.8. The van der Waals surface area contributed by atoms with Crippen LogP contribution < -0.4 is 4.90 Å². The van der Waals surface area contributed by atoms with E-state index in [0.717, 1.165) is 22.5 Å². The third kappa shape index (κ3) is 3.91. The van der Waals surface area contributed by atoms with Gasteiger partial charge in [0.15, 0.2) is 5.82 Å². The first-order valence-electron chi connectivity index (χ1n) is 8.70. The molecule has 1 unspecified atom stereocenters. The summed E-state index contributed by atoms with van der Waals surface area (Å²) in [6.45, 7) is 3.38. The van der Waals surface area contributed by atoms with Crippen molar-refractivity contribution in [1.82, 2.24) is 19.5 Å². The number of carbonyl (C=O) groups excluding carboxylic acids is 1. The minimum Gasteiger partial charge on any atom is -0.354 e. The van der Waals surface area contributed by atoms with Crippen molar-refractivity contribution in [3.05, 3.63) is 24.2 Å². The van der Waals surface area contributed by atoms with Gasteiger partial charge in [-0.3, -0.25) is 4.79 Å². The molecule has 142 valence electrons. The van der Waals surface area contributed by atoms with Crippen molar-refractivity contribution < 1.29 is 18.0 Å². The zero-order chi connectivity index (χ0) is 18.9. The summed E-state index contributed by atoms with van der Waals surface area (Å²) < 4.78 is 39.9. The molecule has 0 saturated carbocycles. The Morgan fingerprint density at radius 2 is 2.19 bits per heavy atom. The van der Waals surface area contributed by atoms with Crippen LogP contribution in [-0.4, -0.2) is 57.8 Å². The van der Waals surface area contributed by atoms with E-state index in [9.17, 15) is 18.0 Å². The monoisotopic (exact) mass is 369 g/mol. The lowest BCUT2D eigenvalue weighted by atomic mass is 9.96. The van der Waals surface area contributed by atoms with E-state index >= 15 is 0 Å². The van der Waals surface area contributed by atoms with E-state index in [1.807, 2.05) is 17.9 Å². The summed E-state index contributed by atoms with van der Waals surface area (Å²) in [6.07, 6.45) is 0.325. The normalized spacial score (nSPS) is 18.3. The highest BCUT2D eigenvalue weighted by Gasteiger charge is 2.36. The molecule has 9 heteroatoms. The number of carbonyl (C=O) groups is 1. The fourth-order valence-electron chi connectivity index (χ4n) is 3.47. The molecule has 1 amide bonds. The van der Waals surface area contributed by atoms with E-state index in [1.165, 1.54) is 0 Å². The van der Waals surface area contributed by atoms with Gasteiger partial charge in [0.25, 0.3) is 0 Å². The second-order valence-corrected chi connectivity index (χ2v) is 6.62. The van der Waals surface area contributed by atoms with Gasteiger partial charge in [0.1, 0.15) is 12.1 Å². The van der Waals surface area contributed by atoms with Crippen molar-refractivity contribution in [1.29, 1.82) is 0 Å². The van der Waals surface area contributed by atoms with Crippen LogP contribution in [0.25, 0.3) is 5.52 Å². The van der Waals surface area contributed by atoms with Crippen LogP contribution in [0.15, 0.2) is 18.5 Å². The molecule has 26 heavy (non-hydrogen) atoms. The standard InChI is InChI=1S/C17H22F3N5O/c1-3-23(11-17(18,19)20)16(26)13-5-4-7-24(10-13)15-14-9-12(2)22-25(14)8-6-21-15/h6,8-9,13H,3-5,7,10-11H2,1-2H3. The molecule has 6 nitrogen and oxygen atoms in total. The average Bonchev–Trinajstić information content (AvgIpc) is 2.98. The van der Waals surface area contributed by atoms with Crippen molar-refractivity contribution >= 4 is 17.2 Å². The van der Waals surface area contributed by atoms with Crippen LogP contribution in [0.5, 0.6) is 0 Å². The van der Waals surface area contributed by atoms with E-state index in [4.69, 9.17) is 0 Å². The number of rotatable bonds is 4. The van der Waals surface area contributed by atoms with E-state index in [0.29, 0.717) is 25.3 Å². The Labute approximate surface area is 149 Å². The topological polar surface area (TPSA) is 53.7 Å². The summed E-state index contributed by atoms with van der Waals surface area (Å²) in [7, 11) is 0. The molecular formula is C17H22F3N5O. The third-order valence-electron chi connectivity index (χ3n) is 4.63. The van der Waals surface area contributed by atoms with Crippen LogP contribution in [0.1, 0.15) is 25.5 Å². The van der Waals surface area contributed by atoms with Crippen molar-refractivity contribution in [2.24, 2.45) is 5.92 Å². The zero-order valence-corrected chi connectivity index (χ0v) is 14.8. The van der Waals surface area contributed by atoms with Crippen molar-refractivity contribution in [3.8, 4) is 0 Å². The predicted octanol–water partition coefficient (Wildman–Crippen LogP) is 2.66. The fourth-order valence-corrected chi connectivity index (χ4v) is 3.47. The van der Waals surface area contributed by atoms with Gasteiger partial charge in [-0.05, 0) is 32.8 Å². The van der Waals surface area contributed by atoms with Gasteiger partial charge in [-0.2, -0.15) is 18.3 Å². The van der Waals surface area contributed by atoms with Crippen LogP contribution in [0, 0.1) is 12.8 Å². The quantitative estimate of drug-likeness (QED) is 0.832. The van der Waals surface area contributed by atoms with Gasteiger partial charge >= 0.3 is 6.18 Å². The first-order valence-corrected chi connectivity index (χ1v) is 8.70. The molecule has 1 fully saturated rings. The first kappa shape index (κ1) is 18.5. The molecule has 1 atom stereocenters. The van der Waals surface area contributed by atoms with E-state index in [2.05, 4.69) is 10.1 Å². The number of hydrogen-bond donors (Lipinski definition) is 0. The Hall–Kier alpha value is -2.32. The second-order valence-electron chi connectivity index (χ2n) is 6.62. The van der Waals surface area contributed by atoms with Gasteiger partial charge in [0.05, 0.1) is 11.6 Å². The molecule has 1 aliphatic heterocycles. The Kier molecular flexibility index (Phi) is 5.06. The summed E-state index contributed by atoms with van der Waals surface area (Å²) >= 11 is 0. The van der Waals surface area contributed by atoms with Gasteiger partial charge in [0.2, 0.25) is 5.91 Å². The maximum atomic E-state index is 12.7. The summed E-state index contributed by atoms with van der Waals surface area (Å²) in [4.78, 5) is 19.9. The number of aromatic nitrogens is 3. The van der Waals surface area contributed by atoms with E-state index in [-0.39, 0.29) is 6.54 Å². The minimum atomic E-state index is -4.39. The van der Waals surface area contributed by atoms with Crippen LogP contribution in [0.3, 0.4) is 0 Å². The van der Waals surface area contributed by atoms with Crippen molar-refractivity contribution in [2.45, 2.75) is 32.9 Å². The number of amides is 1. The van der Waals surface area contributed by atoms with Gasteiger partial charge in [-0.15, -0.1) is 0 Å². The van der Waals surface area contributed by atoms with Gasteiger partial charge < -0.3 is 9.80 Å². The van der Waals surface area contributed by atoms with E-state index < -0.39 is 24.5 Å². The third-order valence-corrected chi connectivity index (χ3v) is 4.63. The lowest BCUT2D eigenvalue weighted by Crippen LogP contribution is -2.47. The molecule has 2 aromatic heterocycles. The fraction of sp³-hybridized carbons (Fsp3) is 0.588. The average molecular weight is 369 g/mol. The Morgan fingerprint density at radius 1 is 1.42 bits per heavy atom. The molecule has 3 rings (SSSR count). The van der Waals surface area contributed by atoms with Gasteiger partial charge in [-0.1, -0.05) is 0 Å². The van der Waals surface area contributed by atoms with Crippen LogP contribution in [0.2, 0.25) is 0 Å². The first-order chi connectivity index (χ1) is 12.3. The molecule has 3 heterocycles. The van der Waals surface area contributed by atoms with Gasteiger partial charge in [0, 0.05) is 32.0 Å². The minimum absolute atomic E-state index is 0.0461. The molecule has 0 bridgehead atoms. The predicted molar refractivity (Wildman–Crippen MR) is 91.0 cm³/mol. The highest BCUT2D eigenvalue weighted by molar-refractivity contribution is 5.80. The van der Waals surface area contributed by atoms with E-state index in [1.54, 1.807) is 23.8 Å². The molecular weight excluding hydrogens is 347 g/mol. The van der Waals surface area contributed by atoms with Crippen LogP contribution in [-0.2, 0) is 4.79 Å². The highest BCUT2D eigenvalue weighted by atomic mass is 19.4. The second kappa shape index (κ2) is 7.13. The lowest BCUT2D eigenvalue weighted by molar-refractivity contribution is -0.163. The number of nitrogens with zero attached hydrogens (tertiary/aromatic N) is 5. The lowest BCUT2D eigenvalue weighted by Gasteiger charge is -2.35. The maximum absolute atomic E-state index is 12.7. The molecule has 1 saturated heterocycles. The summed E-state index contributed by atoms with van der Waals surface area (Å²) in [5.41, 5.74) is 1.69. The number of fused-ring (bicyclic) bond motifs is 1. The van der Waals surface area contributed by atoms with Crippen molar-refractivity contribution in [2.75, 3.05) is 31.1 Å². The molecule has 0 N–H and O–H groups in total. The highest BCUT2D eigenvalue weighted by Crippen LogP contribution is 2.27. The molecule has 0 aliphatic carbocycles. The summed E-state index contributed by atoms with van der Waals surface area (Å²) in [5.74, 6) is -0.187. The molecule has 2 aromatic rings. The largest absolute Gasteiger partial charge is 0.406 e. The smallest absolute Gasteiger partial charge is 0.354 e. The number of piperidine rings is 1. The number of anilines is 1. The molecule has 0 spiro atoms. The number of alkyl halides is 3. The molecule has 0 aromatic carbocycles. The Balaban J connectivity index is 1.79. The summed E-state index contributed by atoms with van der Waals surface area (Å²) in [6, 6.07) is 1.91. The summed E-state index contributed by atoms with van der Waals surface area (Å²) in [5, 5.41) is 4.35. The number of aryl methyl sites for hydroxylation is 1. The Bertz CT molecular complexity index is 788. The van der Waals surface area contributed by atoms with Crippen LogP contribution >= 0.6 is 0 Å². The number of halogens is 3.